The third-order valence-corrected chi connectivity index (χ3v) is 3.75. The zero-order chi connectivity index (χ0) is 14.4. The minimum absolute atomic E-state index is 0.165. The van der Waals surface area contributed by atoms with Gasteiger partial charge in [-0.25, -0.2) is 0 Å². The topological polar surface area (TPSA) is 39.7 Å². The first-order chi connectivity index (χ1) is 9.76. The molecule has 4 nitrogen and oxygen atoms in total. The number of hydrogen-bond donors (Lipinski definition) is 1. The van der Waals surface area contributed by atoms with E-state index in [-0.39, 0.29) is 12.1 Å². The van der Waals surface area contributed by atoms with E-state index in [2.05, 4.69) is 18.3 Å². The standard InChI is InChI=1S/C16H25NO3/c1-12-8-9-15(20-12)16(17-2)13-6-4-5-7-14(13)19-11-10-18-3/h4-7,12,15-17H,8-11H2,1-3H3. The summed E-state index contributed by atoms with van der Waals surface area (Å²) in [5.41, 5.74) is 1.16. The lowest BCUT2D eigenvalue weighted by molar-refractivity contribution is 0.0325. The van der Waals surface area contributed by atoms with Crippen LogP contribution in [0.25, 0.3) is 0 Å². The molecule has 1 fully saturated rings. The highest BCUT2D eigenvalue weighted by Gasteiger charge is 2.31. The molecule has 0 aliphatic carbocycles. The third kappa shape index (κ3) is 3.72. The molecule has 112 valence electrons. The summed E-state index contributed by atoms with van der Waals surface area (Å²) >= 11 is 0. The molecule has 1 aromatic rings. The lowest BCUT2D eigenvalue weighted by atomic mass is 9.98. The van der Waals surface area contributed by atoms with E-state index in [1.807, 2.05) is 25.2 Å². The highest BCUT2D eigenvalue weighted by Crippen LogP contribution is 2.34. The van der Waals surface area contributed by atoms with Crippen LogP contribution in [0.3, 0.4) is 0 Å². The summed E-state index contributed by atoms with van der Waals surface area (Å²) in [4.78, 5) is 0. The molecule has 0 saturated carbocycles. The van der Waals surface area contributed by atoms with Crippen LogP contribution in [0.15, 0.2) is 24.3 Å². The number of benzene rings is 1. The van der Waals surface area contributed by atoms with Crippen LogP contribution in [-0.2, 0) is 9.47 Å². The first-order valence-electron chi connectivity index (χ1n) is 7.29. The van der Waals surface area contributed by atoms with E-state index in [9.17, 15) is 0 Å². The zero-order valence-electron chi connectivity index (χ0n) is 12.6. The van der Waals surface area contributed by atoms with Crippen LogP contribution in [-0.4, -0.2) is 39.6 Å². The second-order valence-electron chi connectivity index (χ2n) is 5.21. The van der Waals surface area contributed by atoms with Crippen molar-refractivity contribution in [3.05, 3.63) is 29.8 Å². The van der Waals surface area contributed by atoms with E-state index in [1.54, 1.807) is 7.11 Å². The third-order valence-electron chi connectivity index (χ3n) is 3.75. The lowest BCUT2D eigenvalue weighted by Gasteiger charge is -2.25. The molecule has 4 heteroatoms. The Balaban J connectivity index is 2.12. The van der Waals surface area contributed by atoms with Crippen LogP contribution in [0.2, 0.25) is 0 Å². The maximum atomic E-state index is 6.01. The zero-order valence-corrected chi connectivity index (χ0v) is 12.6. The summed E-state index contributed by atoms with van der Waals surface area (Å²) in [6, 6.07) is 8.32. The maximum Gasteiger partial charge on any atom is 0.124 e. The normalized spacial score (nSPS) is 23.8. The van der Waals surface area contributed by atoms with Crippen molar-refractivity contribution in [1.29, 1.82) is 0 Å². The molecule has 1 saturated heterocycles. The Kier molecular flexibility index (Phi) is 5.83. The molecule has 3 atom stereocenters. The quantitative estimate of drug-likeness (QED) is 0.779. The molecule has 0 amide bonds. The highest BCUT2D eigenvalue weighted by atomic mass is 16.5. The monoisotopic (exact) mass is 279 g/mol. The van der Waals surface area contributed by atoms with Gasteiger partial charge in [0.15, 0.2) is 0 Å². The number of nitrogens with one attached hydrogen (secondary N) is 1. The van der Waals surface area contributed by atoms with E-state index in [0.717, 1.165) is 24.2 Å². The van der Waals surface area contributed by atoms with Gasteiger partial charge in [-0.3, -0.25) is 0 Å². The maximum absolute atomic E-state index is 6.01. The van der Waals surface area contributed by atoms with Crippen molar-refractivity contribution >= 4 is 0 Å². The molecule has 1 N–H and O–H groups in total. The van der Waals surface area contributed by atoms with Gasteiger partial charge < -0.3 is 19.5 Å². The smallest absolute Gasteiger partial charge is 0.124 e. The van der Waals surface area contributed by atoms with E-state index in [4.69, 9.17) is 14.2 Å². The Labute approximate surface area is 121 Å². The fourth-order valence-electron chi connectivity index (χ4n) is 2.72. The molecule has 0 aromatic heterocycles. The van der Waals surface area contributed by atoms with Gasteiger partial charge in [0.2, 0.25) is 0 Å². The van der Waals surface area contributed by atoms with Gasteiger partial charge in [0, 0.05) is 12.7 Å². The summed E-state index contributed by atoms with van der Waals surface area (Å²) in [7, 11) is 3.66. The van der Waals surface area contributed by atoms with Crippen LogP contribution in [0, 0.1) is 0 Å². The molecule has 0 radical (unpaired) electrons. The Morgan fingerprint density at radius 3 is 2.75 bits per heavy atom. The largest absolute Gasteiger partial charge is 0.491 e. The van der Waals surface area contributed by atoms with E-state index in [1.165, 1.54) is 0 Å². The molecule has 20 heavy (non-hydrogen) atoms. The molecular weight excluding hydrogens is 254 g/mol. The van der Waals surface area contributed by atoms with Gasteiger partial charge in [-0.2, -0.15) is 0 Å². The van der Waals surface area contributed by atoms with Crippen molar-refractivity contribution in [1.82, 2.24) is 5.32 Å². The Hall–Kier alpha value is -1.10. The predicted molar refractivity (Wildman–Crippen MR) is 79.2 cm³/mol. The lowest BCUT2D eigenvalue weighted by Crippen LogP contribution is -2.30. The van der Waals surface area contributed by atoms with Crippen LogP contribution in [0.4, 0.5) is 0 Å². The molecule has 2 rings (SSSR count). The van der Waals surface area contributed by atoms with Gasteiger partial charge in [-0.15, -0.1) is 0 Å². The van der Waals surface area contributed by atoms with Gasteiger partial charge >= 0.3 is 0 Å². The van der Waals surface area contributed by atoms with Crippen LogP contribution >= 0.6 is 0 Å². The molecule has 0 spiro atoms. The van der Waals surface area contributed by atoms with Crippen LogP contribution in [0.1, 0.15) is 31.4 Å². The van der Waals surface area contributed by atoms with Crippen LogP contribution in [0.5, 0.6) is 5.75 Å². The fraction of sp³-hybridized carbons (Fsp3) is 0.625. The fourth-order valence-corrected chi connectivity index (χ4v) is 2.72. The molecular formula is C16H25NO3. The van der Waals surface area contributed by atoms with Crippen molar-refractivity contribution in [2.75, 3.05) is 27.4 Å². The van der Waals surface area contributed by atoms with Gasteiger partial charge in [-0.1, -0.05) is 18.2 Å². The molecule has 1 heterocycles. The van der Waals surface area contributed by atoms with Crippen molar-refractivity contribution in [2.45, 2.75) is 38.0 Å². The van der Waals surface area contributed by atoms with Crippen molar-refractivity contribution in [3.63, 3.8) is 0 Å². The van der Waals surface area contributed by atoms with Gasteiger partial charge in [0.1, 0.15) is 12.4 Å². The van der Waals surface area contributed by atoms with Gasteiger partial charge in [0.25, 0.3) is 0 Å². The summed E-state index contributed by atoms with van der Waals surface area (Å²) in [5, 5.41) is 3.38. The number of likely N-dealkylation sites (N-methyl/N-ethyl adjacent to an activating group) is 1. The van der Waals surface area contributed by atoms with Gasteiger partial charge in [0.05, 0.1) is 24.9 Å². The average molecular weight is 279 g/mol. The van der Waals surface area contributed by atoms with E-state index in [0.29, 0.717) is 19.3 Å². The number of methoxy groups -OCH3 is 1. The minimum atomic E-state index is 0.165. The van der Waals surface area contributed by atoms with Crippen LogP contribution < -0.4 is 10.1 Å². The average Bonchev–Trinajstić information content (AvgIpc) is 2.88. The molecule has 1 aliphatic rings. The SMILES string of the molecule is CNC(c1ccccc1OCCOC)C1CCC(C)O1. The molecule has 0 bridgehead atoms. The Morgan fingerprint density at radius 2 is 2.10 bits per heavy atom. The van der Waals surface area contributed by atoms with Gasteiger partial charge in [-0.05, 0) is 32.9 Å². The number of para-hydroxylation sites is 1. The first-order valence-corrected chi connectivity index (χ1v) is 7.29. The predicted octanol–water partition coefficient (Wildman–Crippen LogP) is 2.54. The number of ether oxygens (including phenoxy) is 3. The van der Waals surface area contributed by atoms with E-state index >= 15 is 0 Å². The van der Waals surface area contributed by atoms with E-state index < -0.39 is 0 Å². The van der Waals surface area contributed by atoms with Crippen molar-refractivity contribution < 1.29 is 14.2 Å². The summed E-state index contributed by atoms with van der Waals surface area (Å²) < 4.78 is 16.9. The Bertz CT molecular complexity index is 410. The first kappa shape index (κ1) is 15.3. The van der Waals surface area contributed by atoms with Crippen molar-refractivity contribution in [2.24, 2.45) is 0 Å². The number of rotatable bonds is 7. The molecule has 3 unspecified atom stereocenters. The number of hydrogen-bond acceptors (Lipinski definition) is 4. The summed E-state index contributed by atoms with van der Waals surface area (Å²) in [6.45, 7) is 3.29. The summed E-state index contributed by atoms with van der Waals surface area (Å²) in [6.07, 6.45) is 2.76. The molecule has 1 aromatic carbocycles. The summed E-state index contributed by atoms with van der Waals surface area (Å²) in [5.74, 6) is 0.909. The Morgan fingerprint density at radius 1 is 1.30 bits per heavy atom. The molecule has 1 aliphatic heterocycles. The van der Waals surface area contributed by atoms with Crippen molar-refractivity contribution in [3.8, 4) is 5.75 Å². The second kappa shape index (κ2) is 7.62. The minimum Gasteiger partial charge on any atom is -0.491 e. The highest BCUT2D eigenvalue weighted by molar-refractivity contribution is 5.36. The second-order valence-corrected chi connectivity index (χ2v) is 5.21.